The highest BCUT2D eigenvalue weighted by Crippen LogP contribution is 2.36. The van der Waals surface area contributed by atoms with Crippen LogP contribution in [-0.2, 0) is 9.53 Å². The summed E-state index contributed by atoms with van der Waals surface area (Å²) >= 11 is 0. The summed E-state index contributed by atoms with van der Waals surface area (Å²) in [4.78, 5) is 26.5. The summed E-state index contributed by atoms with van der Waals surface area (Å²) in [6, 6.07) is 13.4. The number of piperazine rings is 1. The molecule has 2 saturated heterocycles. The zero-order valence-electron chi connectivity index (χ0n) is 18.2. The third-order valence-electron chi connectivity index (χ3n) is 5.78. The molecular formula is C23H27FN4O4. The highest BCUT2D eigenvalue weighted by atomic mass is 19.1. The predicted molar refractivity (Wildman–Crippen MR) is 117 cm³/mol. The van der Waals surface area contributed by atoms with E-state index in [0.717, 1.165) is 11.4 Å². The van der Waals surface area contributed by atoms with Gasteiger partial charge in [0.2, 0.25) is 5.91 Å². The number of anilines is 1. The van der Waals surface area contributed by atoms with Crippen molar-refractivity contribution >= 4 is 17.7 Å². The minimum atomic E-state index is -0.625. The molecule has 8 nitrogen and oxygen atoms in total. The molecule has 0 aliphatic carbocycles. The maximum absolute atomic E-state index is 14.0. The van der Waals surface area contributed by atoms with Crippen LogP contribution in [0.25, 0.3) is 0 Å². The highest BCUT2D eigenvalue weighted by Gasteiger charge is 2.46. The minimum absolute atomic E-state index is 0.153. The lowest BCUT2D eigenvalue weighted by molar-refractivity contribution is -0.119. The summed E-state index contributed by atoms with van der Waals surface area (Å²) in [6.07, 6.45) is -1.12. The van der Waals surface area contributed by atoms with Crippen molar-refractivity contribution in [3.63, 3.8) is 0 Å². The number of nitrogens with zero attached hydrogens (tertiary/aromatic N) is 3. The molecule has 2 aromatic carbocycles. The fourth-order valence-corrected chi connectivity index (χ4v) is 4.30. The smallest absolute Gasteiger partial charge is 0.425 e. The number of hydrogen-bond donors (Lipinski definition) is 1. The quantitative estimate of drug-likeness (QED) is 0.741. The maximum atomic E-state index is 14.0. The molecule has 2 aromatic rings. The molecule has 2 amide bonds. The number of ether oxygens (including phenoxy) is 2. The molecule has 2 aliphatic heterocycles. The third kappa shape index (κ3) is 4.47. The van der Waals surface area contributed by atoms with Crippen LogP contribution < -0.4 is 15.0 Å². The molecule has 170 valence electrons. The summed E-state index contributed by atoms with van der Waals surface area (Å²) in [5.41, 5.74) is 1.63. The fraction of sp³-hybridized carbons (Fsp3) is 0.391. The van der Waals surface area contributed by atoms with Crippen LogP contribution in [0.5, 0.6) is 5.75 Å². The van der Waals surface area contributed by atoms with Gasteiger partial charge in [0.05, 0.1) is 19.3 Å². The van der Waals surface area contributed by atoms with Gasteiger partial charge in [-0.2, -0.15) is 0 Å². The number of carbonyl (C=O) groups excluding carboxylic acids is 2. The van der Waals surface area contributed by atoms with Gasteiger partial charge >= 0.3 is 6.09 Å². The first-order valence-electron chi connectivity index (χ1n) is 10.6. The molecule has 2 heterocycles. The Morgan fingerprint density at radius 2 is 1.91 bits per heavy atom. The normalized spacial score (nSPS) is 21.4. The van der Waals surface area contributed by atoms with Gasteiger partial charge in [0.25, 0.3) is 0 Å². The van der Waals surface area contributed by atoms with Gasteiger partial charge in [-0.3, -0.25) is 4.79 Å². The van der Waals surface area contributed by atoms with Crippen LogP contribution in [0.2, 0.25) is 0 Å². The topological polar surface area (TPSA) is 74.3 Å². The number of hydrazine groups is 1. The number of amides is 2. The Balaban J connectivity index is 1.54. The molecule has 0 aromatic heterocycles. The van der Waals surface area contributed by atoms with Crippen molar-refractivity contribution in [1.29, 1.82) is 0 Å². The predicted octanol–water partition coefficient (Wildman–Crippen LogP) is 2.57. The first-order valence-corrected chi connectivity index (χ1v) is 10.6. The molecule has 0 radical (unpaired) electrons. The molecular weight excluding hydrogens is 415 g/mol. The van der Waals surface area contributed by atoms with Gasteiger partial charge in [0.1, 0.15) is 23.7 Å². The van der Waals surface area contributed by atoms with Crippen LogP contribution in [0.4, 0.5) is 14.9 Å². The number of carbonyl (C=O) groups is 2. The van der Waals surface area contributed by atoms with Crippen molar-refractivity contribution in [3.05, 3.63) is 59.9 Å². The van der Waals surface area contributed by atoms with Gasteiger partial charge in [0.15, 0.2) is 0 Å². The van der Waals surface area contributed by atoms with E-state index in [0.29, 0.717) is 31.7 Å². The van der Waals surface area contributed by atoms with Crippen LogP contribution in [0.3, 0.4) is 0 Å². The number of benzene rings is 2. The number of methoxy groups -OCH3 is 1. The van der Waals surface area contributed by atoms with E-state index in [1.165, 1.54) is 19.1 Å². The first-order chi connectivity index (χ1) is 15.5. The van der Waals surface area contributed by atoms with Crippen molar-refractivity contribution in [3.8, 4) is 5.75 Å². The first kappa shape index (κ1) is 21.9. The largest absolute Gasteiger partial charge is 0.495 e. The maximum Gasteiger partial charge on any atom is 0.425 e. The molecule has 9 heteroatoms. The molecule has 1 N–H and O–H groups in total. The molecule has 2 unspecified atom stereocenters. The van der Waals surface area contributed by atoms with E-state index < -0.39 is 18.2 Å². The highest BCUT2D eigenvalue weighted by molar-refractivity contribution is 5.73. The molecule has 32 heavy (non-hydrogen) atoms. The van der Waals surface area contributed by atoms with Crippen molar-refractivity contribution in [1.82, 2.24) is 15.3 Å². The number of rotatable bonds is 6. The molecule has 2 fully saturated rings. The summed E-state index contributed by atoms with van der Waals surface area (Å²) in [5, 5.41) is 6.22. The zero-order valence-corrected chi connectivity index (χ0v) is 18.2. The van der Waals surface area contributed by atoms with E-state index in [-0.39, 0.29) is 18.3 Å². The lowest BCUT2D eigenvalue weighted by Crippen LogP contribution is -2.55. The number of cyclic esters (lactones) is 1. The SMILES string of the molecule is COc1ccccc1N1CCN(N2C(=O)OC(CNC(C)=O)C2c2cccc(F)c2)CC1. The van der Waals surface area contributed by atoms with Crippen LogP contribution >= 0.6 is 0 Å². The zero-order chi connectivity index (χ0) is 22.7. The average molecular weight is 442 g/mol. The average Bonchev–Trinajstić information content (AvgIpc) is 3.13. The monoisotopic (exact) mass is 442 g/mol. The van der Waals surface area contributed by atoms with Crippen LogP contribution in [0.15, 0.2) is 48.5 Å². The van der Waals surface area contributed by atoms with Gasteiger partial charge in [-0.25, -0.2) is 19.2 Å². The summed E-state index contributed by atoms with van der Waals surface area (Å²) < 4.78 is 25.1. The molecule has 2 aliphatic rings. The van der Waals surface area contributed by atoms with E-state index >= 15 is 0 Å². The Bertz CT molecular complexity index is 980. The lowest BCUT2D eigenvalue weighted by Gasteiger charge is -2.41. The van der Waals surface area contributed by atoms with E-state index in [4.69, 9.17) is 9.47 Å². The second kappa shape index (κ2) is 9.44. The molecule has 4 rings (SSSR count). The van der Waals surface area contributed by atoms with E-state index in [1.54, 1.807) is 24.3 Å². The Labute approximate surface area is 186 Å². The summed E-state index contributed by atoms with van der Waals surface area (Å²) in [6.45, 7) is 4.06. The number of para-hydroxylation sites is 2. The number of nitrogens with one attached hydrogen (secondary N) is 1. The second-order valence-electron chi connectivity index (χ2n) is 7.82. The van der Waals surface area contributed by atoms with Gasteiger partial charge in [-0.1, -0.05) is 24.3 Å². The van der Waals surface area contributed by atoms with E-state index in [9.17, 15) is 14.0 Å². The Kier molecular flexibility index (Phi) is 6.45. The number of hydrogen-bond acceptors (Lipinski definition) is 6. The Hall–Kier alpha value is -3.33. The summed E-state index contributed by atoms with van der Waals surface area (Å²) in [7, 11) is 1.65. The van der Waals surface area contributed by atoms with Crippen LogP contribution in [0, 0.1) is 5.82 Å². The third-order valence-corrected chi connectivity index (χ3v) is 5.78. The van der Waals surface area contributed by atoms with Crippen LogP contribution in [0.1, 0.15) is 18.5 Å². The van der Waals surface area contributed by atoms with Crippen molar-refractivity contribution in [2.45, 2.75) is 19.1 Å². The Morgan fingerprint density at radius 3 is 2.59 bits per heavy atom. The van der Waals surface area contributed by atoms with E-state index in [1.807, 2.05) is 29.3 Å². The molecule has 2 atom stereocenters. The van der Waals surface area contributed by atoms with Crippen molar-refractivity contribution in [2.24, 2.45) is 0 Å². The van der Waals surface area contributed by atoms with Gasteiger partial charge in [0, 0.05) is 33.1 Å². The van der Waals surface area contributed by atoms with Crippen LogP contribution in [-0.4, -0.2) is 68.0 Å². The fourth-order valence-electron chi connectivity index (χ4n) is 4.30. The second-order valence-corrected chi connectivity index (χ2v) is 7.82. The van der Waals surface area contributed by atoms with Crippen molar-refractivity contribution < 1.29 is 23.5 Å². The Morgan fingerprint density at radius 1 is 1.16 bits per heavy atom. The summed E-state index contributed by atoms with van der Waals surface area (Å²) in [5.74, 6) is 0.193. The molecule has 0 bridgehead atoms. The standard InChI is InChI=1S/C23H27FN4O4/c1-16(29)25-15-21-22(17-6-5-7-18(24)14-17)28(23(30)32-21)27-12-10-26(11-13-27)19-8-3-4-9-20(19)31-2/h3-9,14,21-22H,10-13,15H2,1-2H3,(H,25,29). The van der Waals surface area contributed by atoms with Crippen molar-refractivity contribution in [2.75, 3.05) is 44.7 Å². The number of halogens is 1. The van der Waals surface area contributed by atoms with E-state index in [2.05, 4.69) is 10.2 Å². The lowest BCUT2D eigenvalue weighted by atomic mass is 10.0. The molecule has 0 saturated carbocycles. The minimum Gasteiger partial charge on any atom is -0.495 e. The van der Waals surface area contributed by atoms with Gasteiger partial charge in [-0.15, -0.1) is 0 Å². The van der Waals surface area contributed by atoms with Gasteiger partial charge < -0.3 is 19.7 Å². The molecule has 0 spiro atoms. The van der Waals surface area contributed by atoms with Gasteiger partial charge in [-0.05, 0) is 29.8 Å².